The maximum absolute atomic E-state index is 12.2. The molecule has 2 heterocycles. The van der Waals surface area contributed by atoms with Gasteiger partial charge in [-0.15, -0.1) is 12.4 Å². The summed E-state index contributed by atoms with van der Waals surface area (Å²) in [5.74, 6) is -0.114. The predicted octanol–water partition coefficient (Wildman–Crippen LogP) is 2.63. The van der Waals surface area contributed by atoms with Crippen LogP contribution in [-0.2, 0) is 0 Å². The number of hydrogen-bond donors (Lipinski definition) is 3. The lowest BCUT2D eigenvalue weighted by Crippen LogP contribution is -2.45. The molecule has 0 saturated carbocycles. The third-order valence-electron chi connectivity index (χ3n) is 3.59. The average molecular weight is 341 g/mol. The Morgan fingerprint density at radius 1 is 1.32 bits per heavy atom. The van der Waals surface area contributed by atoms with Crippen molar-refractivity contribution in [3.63, 3.8) is 0 Å². The normalized spacial score (nSPS) is 17.6. The van der Waals surface area contributed by atoms with Crippen molar-refractivity contribution in [2.75, 3.05) is 13.1 Å². The molecule has 1 atom stereocenters. The highest BCUT2D eigenvalue weighted by Crippen LogP contribution is 2.20. The SMILES string of the molecule is Cl.O=C(N[C@H]1CCCNC1)c1cc(-c2ccc(Cl)cc2)n[nH]1. The smallest absolute Gasteiger partial charge is 0.269 e. The Balaban J connectivity index is 0.00000176. The number of aromatic amines is 1. The Bertz CT molecular complexity index is 621. The summed E-state index contributed by atoms with van der Waals surface area (Å²) in [6.45, 7) is 1.85. The molecule has 1 aliphatic heterocycles. The molecule has 0 aliphatic carbocycles. The second kappa shape index (κ2) is 7.63. The van der Waals surface area contributed by atoms with Crippen LogP contribution in [0.3, 0.4) is 0 Å². The lowest BCUT2D eigenvalue weighted by molar-refractivity contribution is 0.0925. The maximum atomic E-state index is 12.2. The first kappa shape index (κ1) is 16.8. The molecule has 22 heavy (non-hydrogen) atoms. The van der Waals surface area contributed by atoms with Gasteiger partial charge in [0, 0.05) is 23.2 Å². The first-order chi connectivity index (χ1) is 10.2. The van der Waals surface area contributed by atoms with Crippen LogP contribution in [0.2, 0.25) is 5.02 Å². The number of carbonyl (C=O) groups is 1. The number of piperidine rings is 1. The van der Waals surface area contributed by atoms with E-state index in [9.17, 15) is 4.79 Å². The maximum Gasteiger partial charge on any atom is 0.269 e. The van der Waals surface area contributed by atoms with Gasteiger partial charge in [0.2, 0.25) is 0 Å². The molecule has 0 radical (unpaired) electrons. The summed E-state index contributed by atoms with van der Waals surface area (Å²) in [7, 11) is 0. The van der Waals surface area contributed by atoms with E-state index in [-0.39, 0.29) is 24.4 Å². The molecule has 2 aromatic rings. The summed E-state index contributed by atoms with van der Waals surface area (Å²) in [6.07, 6.45) is 2.10. The first-order valence-electron chi connectivity index (χ1n) is 7.05. The van der Waals surface area contributed by atoms with E-state index in [2.05, 4.69) is 20.8 Å². The minimum atomic E-state index is -0.114. The van der Waals surface area contributed by atoms with Gasteiger partial charge in [-0.2, -0.15) is 5.10 Å². The minimum absolute atomic E-state index is 0. The van der Waals surface area contributed by atoms with Crippen molar-refractivity contribution in [1.29, 1.82) is 0 Å². The van der Waals surface area contributed by atoms with Gasteiger partial charge in [0.05, 0.1) is 5.69 Å². The Labute approximate surface area is 140 Å². The molecule has 0 unspecified atom stereocenters. The van der Waals surface area contributed by atoms with Crippen LogP contribution in [0.4, 0.5) is 0 Å². The molecule has 1 amide bonds. The summed E-state index contributed by atoms with van der Waals surface area (Å²) >= 11 is 5.86. The van der Waals surface area contributed by atoms with Gasteiger partial charge >= 0.3 is 0 Å². The summed E-state index contributed by atoms with van der Waals surface area (Å²) in [5, 5.41) is 13.9. The number of nitrogens with one attached hydrogen (secondary N) is 3. The van der Waals surface area contributed by atoms with Gasteiger partial charge in [-0.3, -0.25) is 9.89 Å². The van der Waals surface area contributed by atoms with Crippen molar-refractivity contribution in [3.8, 4) is 11.3 Å². The molecule has 0 bridgehead atoms. The van der Waals surface area contributed by atoms with Crippen molar-refractivity contribution in [2.24, 2.45) is 0 Å². The van der Waals surface area contributed by atoms with Gasteiger partial charge in [0.1, 0.15) is 5.69 Å². The number of carbonyl (C=O) groups excluding carboxylic acids is 1. The molecule has 1 aromatic heterocycles. The van der Waals surface area contributed by atoms with Crippen molar-refractivity contribution in [1.82, 2.24) is 20.8 Å². The number of rotatable bonds is 3. The van der Waals surface area contributed by atoms with Crippen LogP contribution in [0.15, 0.2) is 30.3 Å². The second-order valence-corrected chi connectivity index (χ2v) is 5.63. The molecule has 1 fully saturated rings. The molecular formula is C15H18Cl2N4O. The van der Waals surface area contributed by atoms with Crippen LogP contribution in [0.5, 0.6) is 0 Å². The molecule has 7 heteroatoms. The molecular weight excluding hydrogens is 323 g/mol. The highest BCUT2D eigenvalue weighted by atomic mass is 35.5. The van der Waals surface area contributed by atoms with Crippen molar-refractivity contribution < 1.29 is 4.79 Å². The zero-order valence-corrected chi connectivity index (χ0v) is 13.5. The molecule has 0 spiro atoms. The van der Waals surface area contributed by atoms with Crippen molar-refractivity contribution in [2.45, 2.75) is 18.9 Å². The Hall–Kier alpha value is -1.56. The minimum Gasteiger partial charge on any atom is -0.347 e. The van der Waals surface area contributed by atoms with E-state index in [4.69, 9.17) is 11.6 Å². The van der Waals surface area contributed by atoms with Crippen LogP contribution >= 0.6 is 24.0 Å². The molecule has 3 N–H and O–H groups in total. The highest BCUT2D eigenvalue weighted by Gasteiger charge is 2.18. The Morgan fingerprint density at radius 3 is 2.77 bits per heavy atom. The van der Waals surface area contributed by atoms with Crippen LogP contribution in [-0.4, -0.2) is 35.2 Å². The van der Waals surface area contributed by atoms with E-state index in [1.807, 2.05) is 12.1 Å². The van der Waals surface area contributed by atoms with E-state index >= 15 is 0 Å². The average Bonchev–Trinajstić information content (AvgIpc) is 2.99. The molecule has 3 rings (SSSR count). The van der Waals surface area contributed by atoms with Gasteiger partial charge in [0.25, 0.3) is 5.91 Å². The number of halogens is 2. The van der Waals surface area contributed by atoms with Gasteiger partial charge in [-0.25, -0.2) is 0 Å². The summed E-state index contributed by atoms with van der Waals surface area (Å²) in [6, 6.07) is 9.32. The van der Waals surface area contributed by atoms with Crippen LogP contribution < -0.4 is 10.6 Å². The van der Waals surface area contributed by atoms with Gasteiger partial charge < -0.3 is 10.6 Å². The largest absolute Gasteiger partial charge is 0.347 e. The topological polar surface area (TPSA) is 69.8 Å². The summed E-state index contributed by atoms with van der Waals surface area (Å²) in [4.78, 5) is 12.2. The first-order valence-corrected chi connectivity index (χ1v) is 7.43. The molecule has 118 valence electrons. The van der Waals surface area contributed by atoms with E-state index in [0.29, 0.717) is 10.7 Å². The Kier molecular flexibility index (Phi) is 5.83. The highest BCUT2D eigenvalue weighted by molar-refractivity contribution is 6.30. The fraction of sp³-hybridized carbons (Fsp3) is 0.333. The summed E-state index contributed by atoms with van der Waals surface area (Å²) < 4.78 is 0. The monoisotopic (exact) mass is 340 g/mol. The fourth-order valence-electron chi connectivity index (χ4n) is 2.44. The van der Waals surface area contributed by atoms with E-state index in [1.54, 1.807) is 18.2 Å². The third kappa shape index (κ3) is 4.00. The number of H-pyrrole nitrogens is 1. The molecule has 1 aliphatic rings. The van der Waals surface area contributed by atoms with Gasteiger partial charge in [-0.1, -0.05) is 23.7 Å². The molecule has 1 saturated heterocycles. The van der Waals surface area contributed by atoms with E-state index in [1.165, 1.54) is 0 Å². The second-order valence-electron chi connectivity index (χ2n) is 5.19. The lowest BCUT2D eigenvalue weighted by Gasteiger charge is -2.23. The van der Waals surface area contributed by atoms with Crippen LogP contribution in [0, 0.1) is 0 Å². The number of nitrogens with zero attached hydrogens (tertiary/aromatic N) is 1. The standard InChI is InChI=1S/C15H17ClN4O.ClH/c16-11-5-3-10(4-6-11)13-8-14(20-19-13)15(21)18-12-2-1-7-17-9-12;/h3-6,8,12,17H,1-2,7,9H2,(H,18,21)(H,19,20);1H/t12-;/m0./s1. The fourth-order valence-corrected chi connectivity index (χ4v) is 2.57. The third-order valence-corrected chi connectivity index (χ3v) is 3.85. The number of benzene rings is 1. The van der Waals surface area contributed by atoms with Gasteiger partial charge in [0.15, 0.2) is 0 Å². The zero-order valence-electron chi connectivity index (χ0n) is 11.9. The number of aromatic nitrogens is 2. The van der Waals surface area contributed by atoms with Crippen LogP contribution in [0.25, 0.3) is 11.3 Å². The van der Waals surface area contributed by atoms with E-state index < -0.39 is 0 Å². The molecule has 5 nitrogen and oxygen atoms in total. The zero-order chi connectivity index (χ0) is 14.7. The summed E-state index contributed by atoms with van der Waals surface area (Å²) in [5.41, 5.74) is 2.14. The van der Waals surface area contributed by atoms with E-state index in [0.717, 1.165) is 37.2 Å². The lowest BCUT2D eigenvalue weighted by atomic mass is 10.1. The number of amides is 1. The van der Waals surface area contributed by atoms with Crippen molar-refractivity contribution in [3.05, 3.63) is 41.0 Å². The Morgan fingerprint density at radius 2 is 2.09 bits per heavy atom. The van der Waals surface area contributed by atoms with Crippen LogP contribution in [0.1, 0.15) is 23.3 Å². The number of hydrogen-bond acceptors (Lipinski definition) is 3. The quantitative estimate of drug-likeness (QED) is 0.804. The predicted molar refractivity (Wildman–Crippen MR) is 89.6 cm³/mol. The van der Waals surface area contributed by atoms with Gasteiger partial charge in [-0.05, 0) is 37.6 Å². The molecule has 1 aromatic carbocycles. The van der Waals surface area contributed by atoms with Crippen molar-refractivity contribution >= 4 is 29.9 Å².